The molecule has 0 bridgehead atoms. The number of alkyl carbamates (subject to hydrolysis) is 1. The standard InChI is InChI=1S/C15H20F3N3O4S2/c16-15(17,18)11-25-14(22)19-6-9-26-13-5-4-12(10-20-13)27(23,24)21-7-2-1-3-8-21/h4-5,10H,1-3,6-9,11H2,(H,19,22). The van der Waals surface area contributed by atoms with Crippen molar-refractivity contribution in [1.82, 2.24) is 14.6 Å². The average molecular weight is 427 g/mol. The van der Waals surface area contributed by atoms with Gasteiger partial charge in [0.25, 0.3) is 0 Å². The summed E-state index contributed by atoms with van der Waals surface area (Å²) in [4.78, 5) is 15.3. The minimum Gasteiger partial charge on any atom is -0.440 e. The number of ether oxygens (including phenoxy) is 1. The molecular weight excluding hydrogens is 407 g/mol. The summed E-state index contributed by atoms with van der Waals surface area (Å²) < 4.78 is 66.2. The van der Waals surface area contributed by atoms with Gasteiger partial charge in [-0.2, -0.15) is 17.5 Å². The maximum Gasteiger partial charge on any atom is 0.422 e. The Labute approximate surface area is 159 Å². The monoisotopic (exact) mass is 427 g/mol. The first-order valence-electron chi connectivity index (χ1n) is 8.25. The van der Waals surface area contributed by atoms with Crippen LogP contribution >= 0.6 is 11.8 Å². The lowest BCUT2D eigenvalue weighted by atomic mass is 10.2. The highest BCUT2D eigenvalue weighted by Gasteiger charge is 2.29. The van der Waals surface area contributed by atoms with Gasteiger partial charge in [-0.3, -0.25) is 0 Å². The Morgan fingerprint density at radius 2 is 1.96 bits per heavy atom. The molecule has 1 fully saturated rings. The van der Waals surface area contributed by atoms with Crippen molar-refractivity contribution in [1.29, 1.82) is 0 Å². The molecule has 1 aromatic heterocycles. The predicted octanol–water partition coefficient (Wildman–Crippen LogP) is 2.64. The number of alkyl halides is 3. The lowest BCUT2D eigenvalue weighted by molar-refractivity contribution is -0.160. The molecule has 0 unspecified atom stereocenters. The van der Waals surface area contributed by atoms with Crippen LogP contribution in [0.25, 0.3) is 0 Å². The van der Waals surface area contributed by atoms with Crippen molar-refractivity contribution in [2.45, 2.75) is 35.4 Å². The fraction of sp³-hybridized carbons (Fsp3) is 0.600. The summed E-state index contributed by atoms with van der Waals surface area (Å²) in [5.41, 5.74) is 0. The van der Waals surface area contributed by atoms with E-state index in [0.717, 1.165) is 19.3 Å². The molecule has 1 aliphatic rings. The molecule has 0 spiro atoms. The van der Waals surface area contributed by atoms with E-state index in [1.165, 1.54) is 28.3 Å². The number of thioether (sulfide) groups is 1. The van der Waals surface area contributed by atoms with E-state index in [1.807, 2.05) is 0 Å². The number of nitrogens with zero attached hydrogens (tertiary/aromatic N) is 2. The fourth-order valence-corrected chi connectivity index (χ4v) is 4.53. The van der Waals surface area contributed by atoms with Crippen LogP contribution in [0.1, 0.15) is 19.3 Å². The summed E-state index contributed by atoms with van der Waals surface area (Å²) >= 11 is 1.23. The Morgan fingerprint density at radius 3 is 2.56 bits per heavy atom. The zero-order valence-electron chi connectivity index (χ0n) is 14.4. The van der Waals surface area contributed by atoms with Crippen LogP contribution in [0.4, 0.5) is 18.0 Å². The normalized spacial score (nSPS) is 16.1. The van der Waals surface area contributed by atoms with Gasteiger partial charge < -0.3 is 10.1 Å². The first-order valence-corrected chi connectivity index (χ1v) is 10.7. The van der Waals surface area contributed by atoms with Crippen molar-refractivity contribution in [3.05, 3.63) is 18.3 Å². The fourth-order valence-electron chi connectivity index (χ4n) is 2.37. The van der Waals surface area contributed by atoms with Gasteiger partial charge in [0.05, 0.1) is 5.03 Å². The summed E-state index contributed by atoms with van der Waals surface area (Å²) in [6.07, 6.45) is -1.71. The van der Waals surface area contributed by atoms with Crippen molar-refractivity contribution in [3.8, 4) is 0 Å². The number of sulfonamides is 1. The van der Waals surface area contributed by atoms with Gasteiger partial charge in [0.15, 0.2) is 6.61 Å². The summed E-state index contributed by atoms with van der Waals surface area (Å²) in [6.45, 7) is -0.540. The molecule has 1 amide bonds. The van der Waals surface area contributed by atoms with Crippen molar-refractivity contribution in [2.24, 2.45) is 0 Å². The molecule has 1 N–H and O–H groups in total. The van der Waals surface area contributed by atoms with Crippen molar-refractivity contribution in [2.75, 3.05) is 32.0 Å². The number of hydrogen-bond acceptors (Lipinski definition) is 6. The molecule has 0 aromatic carbocycles. The Hall–Kier alpha value is -1.53. The second-order valence-electron chi connectivity index (χ2n) is 5.76. The summed E-state index contributed by atoms with van der Waals surface area (Å²) in [5, 5.41) is 2.73. The number of carbonyl (C=O) groups is 1. The molecule has 7 nitrogen and oxygen atoms in total. The van der Waals surface area contributed by atoms with Crippen LogP contribution in [0.3, 0.4) is 0 Å². The van der Waals surface area contributed by atoms with E-state index in [-0.39, 0.29) is 11.4 Å². The van der Waals surface area contributed by atoms with Crippen LogP contribution in [-0.2, 0) is 14.8 Å². The molecule has 2 rings (SSSR count). The molecule has 1 saturated heterocycles. The smallest absolute Gasteiger partial charge is 0.422 e. The van der Waals surface area contributed by atoms with Crippen molar-refractivity contribution in [3.63, 3.8) is 0 Å². The Morgan fingerprint density at radius 1 is 1.26 bits per heavy atom. The number of carbonyl (C=O) groups excluding carboxylic acids is 1. The Kier molecular flexibility index (Phi) is 7.74. The molecular formula is C15H20F3N3O4S2. The summed E-state index contributed by atoms with van der Waals surface area (Å²) in [5.74, 6) is 0.340. The summed E-state index contributed by atoms with van der Waals surface area (Å²) in [7, 11) is -3.54. The first kappa shape index (κ1) is 21.8. The largest absolute Gasteiger partial charge is 0.440 e. The highest BCUT2D eigenvalue weighted by molar-refractivity contribution is 7.99. The van der Waals surface area contributed by atoms with E-state index >= 15 is 0 Å². The second-order valence-corrected chi connectivity index (χ2v) is 8.82. The molecule has 0 radical (unpaired) electrons. The summed E-state index contributed by atoms with van der Waals surface area (Å²) in [6, 6.07) is 3.04. The van der Waals surface area contributed by atoms with Gasteiger partial charge in [-0.05, 0) is 25.0 Å². The van der Waals surface area contributed by atoms with E-state index in [4.69, 9.17) is 0 Å². The lowest BCUT2D eigenvalue weighted by Crippen LogP contribution is -2.35. The number of rotatable bonds is 7. The lowest BCUT2D eigenvalue weighted by Gasteiger charge is -2.25. The number of pyridine rings is 1. The molecule has 1 aromatic rings. The van der Waals surface area contributed by atoms with Crippen LogP contribution in [0.5, 0.6) is 0 Å². The van der Waals surface area contributed by atoms with Crippen molar-refractivity contribution >= 4 is 27.9 Å². The van der Waals surface area contributed by atoms with Gasteiger partial charge in [-0.15, -0.1) is 11.8 Å². The highest BCUT2D eigenvalue weighted by Crippen LogP contribution is 2.22. The molecule has 1 aliphatic heterocycles. The van der Waals surface area contributed by atoms with Crippen LogP contribution in [-0.4, -0.2) is 62.0 Å². The van der Waals surface area contributed by atoms with Gasteiger partial charge in [-0.1, -0.05) is 6.42 Å². The minimum atomic E-state index is -4.56. The van der Waals surface area contributed by atoms with Crippen LogP contribution < -0.4 is 5.32 Å². The molecule has 0 saturated carbocycles. The maximum atomic E-state index is 12.5. The van der Waals surface area contributed by atoms with E-state index < -0.39 is 28.9 Å². The van der Waals surface area contributed by atoms with Crippen LogP contribution in [0.15, 0.2) is 28.3 Å². The molecule has 27 heavy (non-hydrogen) atoms. The zero-order valence-corrected chi connectivity index (χ0v) is 16.0. The van der Waals surface area contributed by atoms with E-state index in [9.17, 15) is 26.4 Å². The van der Waals surface area contributed by atoms with Crippen molar-refractivity contribution < 1.29 is 31.1 Å². The van der Waals surface area contributed by atoms with Gasteiger partial charge in [0.1, 0.15) is 4.90 Å². The minimum absolute atomic E-state index is 0.0802. The number of piperidine rings is 1. The third-order valence-electron chi connectivity index (χ3n) is 3.65. The topological polar surface area (TPSA) is 88.6 Å². The second kappa shape index (κ2) is 9.60. The Balaban J connectivity index is 1.76. The number of aromatic nitrogens is 1. The third kappa shape index (κ3) is 7.18. The highest BCUT2D eigenvalue weighted by atomic mass is 32.2. The maximum absolute atomic E-state index is 12.5. The Bertz CT molecular complexity index is 721. The number of hydrogen-bond donors (Lipinski definition) is 1. The number of amides is 1. The number of nitrogens with one attached hydrogen (secondary N) is 1. The zero-order chi connectivity index (χ0) is 19.9. The van der Waals surface area contributed by atoms with Crippen LogP contribution in [0.2, 0.25) is 0 Å². The molecule has 0 atom stereocenters. The molecule has 152 valence electrons. The average Bonchev–Trinajstić information content (AvgIpc) is 2.64. The van der Waals surface area contributed by atoms with E-state index in [1.54, 1.807) is 6.07 Å². The number of halogens is 3. The molecule has 2 heterocycles. The quantitative estimate of drug-likeness (QED) is 0.532. The first-order chi connectivity index (χ1) is 12.7. The third-order valence-corrected chi connectivity index (χ3v) is 6.48. The van der Waals surface area contributed by atoms with E-state index in [0.29, 0.717) is 23.9 Å². The van der Waals surface area contributed by atoms with Gasteiger partial charge in [0, 0.05) is 31.6 Å². The molecule has 0 aliphatic carbocycles. The van der Waals surface area contributed by atoms with Gasteiger partial charge in [0.2, 0.25) is 10.0 Å². The molecule has 12 heteroatoms. The predicted molar refractivity (Wildman–Crippen MR) is 93.0 cm³/mol. The van der Waals surface area contributed by atoms with Gasteiger partial charge >= 0.3 is 12.3 Å². The van der Waals surface area contributed by atoms with Crippen LogP contribution in [0, 0.1) is 0 Å². The van der Waals surface area contributed by atoms with Gasteiger partial charge in [-0.25, -0.2) is 18.2 Å². The van der Waals surface area contributed by atoms with E-state index in [2.05, 4.69) is 15.0 Å². The SMILES string of the molecule is O=C(NCCSc1ccc(S(=O)(=O)N2CCCCC2)cn1)OCC(F)(F)F.